The molecular formula is C25H27F7O3. The van der Waals surface area contributed by atoms with Gasteiger partial charge in [0.15, 0.2) is 23.7 Å². The number of halogens is 7. The molecule has 3 rings (SSSR count). The van der Waals surface area contributed by atoms with E-state index in [0.717, 1.165) is 32.1 Å². The topological polar surface area (TPSA) is 27.7 Å². The van der Waals surface area contributed by atoms with Gasteiger partial charge >= 0.3 is 6.11 Å². The molecule has 10 heteroatoms. The highest BCUT2D eigenvalue weighted by atomic mass is 19.3. The molecular weight excluding hydrogens is 481 g/mol. The minimum absolute atomic E-state index is 0.114. The molecule has 1 aliphatic heterocycles. The molecule has 0 radical (unpaired) electrons. The first-order valence-corrected chi connectivity index (χ1v) is 11.5. The third-order valence-electron chi connectivity index (χ3n) is 5.89. The number of rotatable bonds is 10. The Kier molecular flexibility index (Phi) is 9.04. The van der Waals surface area contributed by atoms with Crippen molar-refractivity contribution < 1.29 is 44.9 Å². The van der Waals surface area contributed by atoms with Crippen LogP contribution in [0.15, 0.2) is 24.3 Å². The van der Waals surface area contributed by atoms with E-state index in [1.54, 1.807) is 0 Å². The SMILES string of the molecule is CCCC(C)CCCC1COC(c2cc(F)c(C(F)(F)Oc3cc(F)c(F)c(F)c3)c(F)c2)OC1. The van der Waals surface area contributed by atoms with E-state index in [9.17, 15) is 30.7 Å². The maximum Gasteiger partial charge on any atom is 0.432 e. The molecule has 0 aliphatic carbocycles. The van der Waals surface area contributed by atoms with Crippen LogP contribution < -0.4 is 4.74 Å². The van der Waals surface area contributed by atoms with E-state index < -0.39 is 52.8 Å². The van der Waals surface area contributed by atoms with Crippen molar-refractivity contribution in [1.82, 2.24) is 0 Å². The minimum atomic E-state index is -4.66. The smallest absolute Gasteiger partial charge is 0.429 e. The second kappa shape index (κ2) is 11.6. The lowest BCUT2D eigenvalue weighted by Crippen LogP contribution is -2.28. The van der Waals surface area contributed by atoms with Gasteiger partial charge in [-0.3, -0.25) is 0 Å². The molecule has 0 bridgehead atoms. The molecule has 0 spiro atoms. The maximum atomic E-state index is 14.5. The van der Waals surface area contributed by atoms with Crippen molar-refractivity contribution in [1.29, 1.82) is 0 Å². The summed E-state index contributed by atoms with van der Waals surface area (Å²) in [5.74, 6) is -9.25. The molecule has 0 N–H and O–H groups in total. The van der Waals surface area contributed by atoms with Crippen LogP contribution in [0.1, 0.15) is 63.4 Å². The summed E-state index contributed by atoms with van der Waals surface area (Å²) >= 11 is 0. The summed E-state index contributed by atoms with van der Waals surface area (Å²) in [5, 5.41) is 0. The molecule has 1 fully saturated rings. The van der Waals surface area contributed by atoms with Crippen molar-refractivity contribution in [2.45, 2.75) is 58.4 Å². The molecule has 1 heterocycles. The van der Waals surface area contributed by atoms with Gasteiger partial charge in [0, 0.05) is 23.6 Å². The lowest BCUT2D eigenvalue weighted by molar-refractivity contribution is -0.206. The highest BCUT2D eigenvalue weighted by Gasteiger charge is 2.42. The molecule has 1 saturated heterocycles. The number of hydrogen-bond donors (Lipinski definition) is 0. The highest BCUT2D eigenvalue weighted by molar-refractivity contribution is 5.32. The number of alkyl halides is 2. The fraction of sp³-hybridized carbons (Fsp3) is 0.520. The van der Waals surface area contributed by atoms with Crippen LogP contribution in [0.25, 0.3) is 0 Å². The van der Waals surface area contributed by atoms with Gasteiger partial charge in [-0.1, -0.05) is 39.5 Å². The van der Waals surface area contributed by atoms with Gasteiger partial charge in [0.1, 0.15) is 22.9 Å². The number of ether oxygens (including phenoxy) is 3. The van der Waals surface area contributed by atoms with Crippen LogP contribution in [0.2, 0.25) is 0 Å². The Morgan fingerprint density at radius 1 is 0.914 bits per heavy atom. The zero-order valence-electron chi connectivity index (χ0n) is 19.4. The zero-order valence-corrected chi connectivity index (χ0v) is 19.4. The average Bonchev–Trinajstić information content (AvgIpc) is 2.77. The van der Waals surface area contributed by atoms with Crippen LogP contribution in [0.3, 0.4) is 0 Å². The normalized spacial score (nSPS) is 19.6. The second-order valence-electron chi connectivity index (χ2n) is 8.87. The summed E-state index contributed by atoms with van der Waals surface area (Å²) in [4.78, 5) is 0. The van der Waals surface area contributed by atoms with Crippen LogP contribution in [0, 0.1) is 40.9 Å². The van der Waals surface area contributed by atoms with Gasteiger partial charge in [-0.25, -0.2) is 22.0 Å². The molecule has 1 atom stereocenters. The summed E-state index contributed by atoms with van der Waals surface area (Å²) in [6.07, 6.45) is -0.551. The minimum Gasteiger partial charge on any atom is -0.429 e. The van der Waals surface area contributed by atoms with Crippen LogP contribution >= 0.6 is 0 Å². The summed E-state index contributed by atoms with van der Waals surface area (Å²) in [7, 11) is 0. The van der Waals surface area contributed by atoms with E-state index in [4.69, 9.17) is 9.47 Å². The van der Waals surface area contributed by atoms with E-state index in [2.05, 4.69) is 18.6 Å². The Hall–Kier alpha value is -2.33. The molecule has 2 aromatic carbocycles. The Bertz CT molecular complexity index is 961. The van der Waals surface area contributed by atoms with Crippen molar-refractivity contribution in [3.05, 3.63) is 64.5 Å². The predicted octanol–water partition coefficient (Wildman–Crippen LogP) is 7.78. The van der Waals surface area contributed by atoms with E-state index in [-0.39, 0.29) is 23.6 Å². The van der Waals surface area contributed by atoms with Crippen molar-refractivity contribution in [2.75, 3.05) is 13.2 Å². The standard InChI is InChI=1S/C25H27F7O3/c1-3-5-14(2)6-4-7-15-12-33-24(34-13-15)16-8-18(26)22(19(27)9-16)25(31,32)35-17-10-20(28)23(30)21(29)11-17/h8-11,14-15,24H,3-7,12-13H2,1-2H3. The monoisotopic (exact) mass is 508 g/mol. The van der Waals surface area contributed by atoms with E-state index >= 15 is 0 Å². The first-order valence-electron chi connectivity index (χ1n) is 11.5. The molecule has 0 saturated carbocycles. The lowest BCUT2D eigenvalue weighted by Gasteiger charge is -2.30. The van der Waals surface area contributed by atoms with E-state index in [1.165, 1.54) is 0 Å². The van der Waals surface area contributed by atoms with Crippen LogP contribution in [0.4, 0.5) is 30.7 Å². The molecule has 0 amide bonds. The van der Waals surface area contributed by atoms with Crippen LogP contribution in [0.5, 0.6) is 5.75 Å². The van der Waals surface area contributed by atoms with Crippen molar-refractivity contribution >= 4 is 0 Å². The van der Waals surface area contributed by atoms with Crippen LogP contribution in [-0.2, 0) is 15.6 Å². The largest absolute Gasteiger partial charge is 0.432 e. The first kappa shape index (κ1) is 27.3. The lowest BCUT2D eigenvalue weighted by atomic mass is 9.95. The Morgan fingerprint density at radius 3 is 2.03 bits per heavy atom. The number of hydrogen-bond acceptors (Lipinski definition) is 3. The van der Waals surface area contributed by atoms with Gasteiger partial charge in [-0.05, 0) is 24.5 Å². The van der Waals surface area contributed by atoms with Gasteiger partial charge in [-0.2, -0.15) is 8.78 Å². The first-order chi connectivity index (χ1) is 16.5. The molecule has 2 aromatic rings. The molecule has 35 heavy (non-hydrogen) atoms. The van der Waals surface area contributed by atoms with Crippen LogP contribution in [-0.4, -0.2) is 13.2 Å². The van der Waals surface area contributed by atoms with Gasteiger partial charge in [0.25, 0.3) is 0 Å². The Balaban J connectivity index is 1.64. The summed E-state index contributed by atoms with van der Waals surface area (Å²) in [6.45, 7) is 4.92. The summed E-state index contributed by atoms with van der Waals surface area (Å²) in [6, 6.07) is 1.53. The zero-order chi connectivity index (χ0) is 25.8. The number of benzene rings is 2. The molecule has 1 aliphatic rings. The van der Waals surface area contributed by atoms with Crippen molar-refractivity contribution in [3.8, 4) is 5.75 Å². The van der Waals surface area contributed by atoms with Crippen molar-refractivity contribution in [3.63, 3.8) is 0 Å². The van der Waals surface area contributed by atoms with Gasteiger partial charge < -0.3 is 14.2 Å². The summed E-state index contributed by atoms with van der Waals surface area (Å²) < 4.78 is 113. The van der Waals surface area contributed by atoms with E-state index in [0.29, 0.717) is 31.3 Å². The third-order valence-corrected chi connectivity index (χ3v) is 5.89. The Labute approximate surface area is 199 Å². The molecule has 1 unspecified atom stereocenters. The molecule has 3 nitrogen and oxygen atoms in total. The fourth-order valence-electron chi connectivity index (χ4n) is 4.09. The van der Waals surface area contributed by atoms with Gasteiger partial charge in [0.05, 0.1) is 13.2 Å². The average molecular weight is 508 g/mol. The maximum absolute atomic E-state index is 14.5. The van der Waals surface area contributed by atoms with Gasteiger partial charge in [-0.15, -0.1) is 0 Å². The van der Waals surface area contributed by atoms with E-state index in [1.807, 2.05) is 0 Å². The molecule has 0 aromatic heterocycles. The third kappa shape index (κ3) is 6.88. The quantitative estimate of drug-likeness (QED) is 0.242. The second-order valence-corrected chi connectivity index (χ2v) is 8.87. The van der Waals surface area contributed by atoms with Crippen molar-refractivity contribution in [2.24, 2.45) is 11.8 Å². The fourth-order valence-corrected chi connectivity index (χ4v) is 4.09. The van der Waals surface area contributed by atoms with Gasteiger partial charge in [0.2, 0.25) is 0 Å². The predicted molar refractivity (Wildman–Crippen MR) is 113 cm³/mol. The Morgan fingerprint density at radius 2 is 1.49 bits per heavy atom. The molecule has 194 valence electrons. The highest BCUT2D eigenvalue weighted by Crippen LogP contribution is 2.38. The summed E-state index contributed by atoms with van der Waals surface area (Å²) in [5.41, 5.74) is -1.92.